The lowest BCUT2D eigenvalue weighted by atomic mass is 10.0. The molecule has 0 aliphatic carbocycles. The van der Waals surface area contributed by atoms with Crippen LogP contribution in [0.2, 0.25) is 0 Å². The van der Waals surface area contributed by atoms with Crippen LogP contribution in [0.4, 0.5) is 0 Å². The Kier molecular flexibility index (Phi) is 5.85. The van der Waals surface area contributed by atoms with E-state index in [1.807, 2.05) is 0 Å². The fraction of sp³-hybridized carbons (Fsp3) is 0.222. The van der Waals surface area contributed by atoms with Gasteiger partial charge in [-0.05, 0) is 17.7 Å². The lowest BCUT2D eigenvalue weighted by molar-refractivity contribution is -0.138. The molecule has 0 amide bonds. The molecule has 6 heteroatoms. The van der Waals surface area contributed by atoms with Crippen LogP contribution in [0.3, 0.4) is 0 Å². The summed E-state index contributed by atoms with van der Waals surface area (Å²) in [5, 5.41) is 18.5. The van der Waals surface area contributed by atoms with Gasteiger partial charge in [-0.25, -0.2) is 0 Å². The number of nitrogens with two attached hydrogens (primary N) is 1. The predicted octanol–water partition coefficient (Wildman–Crippen LogP) is 1.95. The average molecular weight is 341 g/mol. The molecule has 1 aromatic carbocycles. The van der Waals surface area contributed by atoms with Gasteiger partial charge in [-0.3, -0.25) is 4.79 Å². The highest BCUT2D eigenvalue weighted by atomic mass is 79.9. The smallest absolute Gasteiger partial charge is 0.325 e. The van der Waals surface area contributed by atoms with Crippen LogP contribution in [-0.4, -0.2) is 16.2 Å². The topological polar surface area (TPSA) is 83.6 Å². The molecular formula is C9H11Br2NO3. The Morgan fingerprint density at radius 1 is 1.53 bits per heavy atom. The molecule has 0 aliphatic rings. The molecule has 0 spiro atoms. The number of benzene rings is 1. The highest BCUT2D eigenvalue weighted by Gasteiger charge is 2.15. The van der Waals surface area contributed by atoms with Gasteiger partial charge in [0, 0.05) is 10.9 Å². The molecule has 4 nitrogen and oxygen atoms in total. The number of carbonyl (C=O) groups is 1. The first kappa shape index (κ1) is 14.4. The van der Waals surface area contributed by atoms with Crippen LogP contribution in [0.1, 0.15) is 17.2 Å². The van der Waals surface area contributed by atoms with E-state index in [-0.39, 0.29) is 22.7 Å². The molecule has 0 saturated carbocycles. The van der Waals surface area contributed by atoms with Gasteiger partial charge in [0.15, 0.2) is 0 Å². The Bertz CT molecular complexity index is 357. The number of aliphatic carboxylic acids is 1. The minimum Gasteiger partial charge on any atom is -0.508 e. The molecule has 0 bridgehead atoms. The van der Waals surface area contributed by atoms with Crippen molar-refractivity contribution in [2.75, 3.05) is 0 Å². The largest absolute Gasteiger partial charge is 0.508 e. The zero-order chi connectivity index (χ0) is 10.7. The van der Waals surface area contributed by atoms with Gasteiger partial charge in [0.25, 0.3) is 0 Å². The van der Waals surface area contributed by atoms with Crippen molar-refractivity contribution in [3.63, 3.8) is 0 Å². The van der Waals surface area contributed by atoms with Crippen molar-refractivity contribution in [3.8, 4) is 5.75 Å². The van der Waals surface area contributed by atoms with E-state index in [2.05, 4.69) is 15.9 Å². The van der Waals surface area contributed by atoms with Crippen LogP contribution in [0.5, 0.6) is 5.75 Å². The number of aromatic hydroxyl groups is 1. The van der Waals surface area contributed by atoms with Crippen molar-refractivity contribution in [3.05, 3.63) is 29.3 Å². The standard InChI is InChI=1S/C9H10BrNO3.BrH/c10-4-6-3-5(1-2-7(6)12)8(11)9(13)14;/h1-3,8,12H,4,11H2,(H,13,14);1H. The van der Waals surface area contributed by atoms with Crippen molar-refractivity contribution >= 4 is 38.9 Å². The molecule has 84 valence electrons. The molecule has 0 radical (unpaired) electrons. The van der Waals surface area contributed by atoms with Crippen LogP contribution in [0, 0.1) is 0 Å². The van der Waals surface area contributed by atoms with Gasteiger partial charge in [0.2, 0.25) is 0 Å². The summed E-state index contributed by atoms with van der Waals surface area (Å²) in [6.07, 6.45) is 0. The summed E-state index contributed by atoms with van der Waals surface area (Å²) >= 11 is 3.18. The van der Waals surface area contributed by atoms with Crippen LogP contribution in [-0.2, 0) is 10.1 Å². The molecule has 0 fully saturated rings. The van der Waals surface area contributed by atoms with Crippen molar-refractivity contribution in [1.82, 2.24) is 0 Å². The van der Waals surface area contributed by atoms with Crippen molar-refractivity contribution in [2.45, 2.75) is 11.4 Å². The van der Waals surface area contributed by atoms with Crippen LogP contribution >= 0.6 is 32.9 Å². The van der Waals surface area contributed by atoms with E-state index in [0.29, 0.717) is 16.5 Å². The maximum absolute atomic E-state index is 10.6. The summed E-state index contributed by atoms with van der Waals surface area (Å²) < 4.78 is 0. The average Bonchev–Trinajstić information content (AvgIpc) is 2.17. The SMILES string of the molecule is Br.NC(C(=O)O)c1ccc(O)c(CBr)c1. The van der Waals surface area contributed by atoms with Crippen LogP contribution in [0.15, 0.2) is 18.2 Å². The second-order valence-electron chi connectivity index (χ2n) is 2.84. The normalized spacial score (nSPS) is 11.6. The van der Waals surface area contributed by atoms with E-state index in [1.165, 1.54) is 12.1 Å². The molecule has 1 aromatic rings. The molecule has 1 atom stereocenters. The summed E-state index contributed by atoms with van der Waals surface area (Å²) in [5.74, 6) is -0.959. The predicted molar refractivity (Wildman–Crippen MR) is 65.6 cm³/mol. The fourth-order valence-corrected chi connectivity index (χ4v) is 1.50. The summed E-state index contributed by atoms with van der Waals surface area (Å²) in [4.78, 5) is 10.6. The van der Waals surface area contributed by atoms with Gasteiger partial charge in [-0.1, -0.05) is 22.0 Å². The second kappa shape index (κ2) is 6.09. The number of rotatable bonds is 3. The second-order valence-corrected chi connectivity index (χ2v) is 3.40. The molecule has 0 aliphatic heterocycles. The van der Waals surface area contributed by atoms with Crippen molar-refractivity contribution in [2.24, 2.45) is 5.73 Å². The summed E-state index contributed by atoms with van der Waals surface area (Å²) in [7, 11) is 0. The third-order valence-electron chi connectivity index (χ3n) is 1.87. The number of alkyl halides is 1. The molecule has 15 heavy (non-hydrogen) atoms. The van der Waals surface area contributed by atoms with Gasteiger partial charge in [-0.2, -0.15) is 0 Å². The van der Waals surface area contributed by atoms with Gasteiger partial charge in [-0.15, -0.1) is 17.0 Å². The molecule has 1 rings (SSSR count). The number of hydrogen-bond donors (Lipinski definition) is 3. The minimum atomic E-state index is -1.09. The first-order chi connectivity index (χ1) is 6.56. The number of hydrogen-bond acceptors (Lipinski definition) is 3. The van der Waals surface area contributed by atoms with Crippen LogP contribution < -0.4 is 5.73 Å². The minimum absolute atomic E-state index is 0. The number of halogens is 2. The fourth-order valence-electron chi connectivity index (χ4n) is 1.05. The number of phenolic OH excluding ortho intramolecular Hbond substituents is 1. The summed E-state index contributed by atoms with van der Waals surface area (Å²) in [5.41, 5.74) is 6.52. The van der Waals surface area contributed by atoms with E-state index in [4.69, 9.17) is 10.8 Å². The highest BCUT2D eigenvalue weighted by molar-refractivity contribution is 9.08. The quantitative estimate of drug-likeness (QED) is 0.734. The highest BCUT2D eigenvalue weighted by Crippen LogP contribution is 2.23. The van der Waals surface area contributed by atoms with E-state index in [1.54, 1.807) is 6.07 Å². The van der Waals surface area contributed by atoms with E-state index >= 15 is 0 Å². The van der Waals surface area contributed by atoms with E-state index < -0.39 is 12.0 Å². The first-order valence-corrected chi connectivity index (χ1v) is 5.04. The molecule has 0 aromatic heterocycles. The zero-order valence-corrected chi connectivity index (χ0v) is 11.0. The number of carboxylic acids is 1. The van der Waals surface area contributed by atoms with Crippen LogP contribution in [0.25, 0.3) is 0 Å². The van der Waals surface area contributed by atoms with Gasteiger partial charge < -0.3 is 15.9 Å². The van der Waals surface area contributed by atoms with Gasteiger partial charge >= 0.3 is 5.97 Å². The Morgan fingerprint density at radius 3 is 2.60 bits per heavy atom. The zero-order valence-electron chi connectivity index (χ0n) is 7.68. The lowest BCUT2D eigenvalue weighted by Crippen LogP contribution is -2.20. The Balaban J connectivity index is 0.00000196. The maximum atomic E-state index is 10.6. The summed E-state index contributed by atoms with van der Waals surface area (Å²) in [6, 6.07) is 3.46. The number of carboxylic acid groups (broad SMARTS) is 1. The number of phenols is 1. The monoisotopic (exact) mass is 339 g/mol. The maximum Gasteiger partial charge on any atom is 0.325 e. The molecular weight excluding hydrogens is 330 g/mol. The van der Waals surface area contributed by atoms with Crippen molar-refractivity contribution < 1.29 is 15.0 Å². The van der Waals surface area contributed by atoms with Gasteiger partial charge in [0.1, 0.15) is 11.8 Å². The van der Waals surface area contributed by atoms with Crippen molar-refractivity contribution in [1.29, 1.82) is 0 Å². The van der Waals surface area contributed by atoms with E-state index in [0.717, 1.165) is 0 Å². The molecule has 1 unspecified atom stereocenters. The summed E-state index contributed by atoms with van der Waals surface area (Å²) in [6.45, 7) is 0. The van der Waals surface area contributed by atoms with E-state index in [9.17, 15) is 9.90 Å². The Morgan fingerprint density at radius 2 is 2.13 bits per heavy atom. The third-order valence-corrected chi connectivity index (χ3v) is 2.48. The Labute approximate surface area is 106 Å². The molecule has 4 N–H and O–H groups in total. The Hall–Kier alpha value is -0.590. The third kappa shape index (κ3) is 3.48. The molecule has 0 heterocycles. The molecule has 0 saturated heterocycles. The van der Waals surface area contributed by atoms with Gasteiger partial charge in [0.05, 0.1) is 0 Å². The first-order valence-electron chi connectivity index (χ1n) is 3.92. The lowest BCUT2D eigenvalue weighted by Gasteiger charge is -2.08.